The van der Waals surface area contributed by atoms with Crippen molar-refractivity contribution in [2.45, 2.75) is 321 Å². The first-order valence-electron chi connectivity index (χ1n) is 29.9. The van der Waals surface area contributed by atoms with Crippen LogP contribution in [0.2, 0.25) is 0 Å². The van der Waals surface area contributed by atoms with E-state index in [0.29, 0.717) is 21.7 Å². The number of hydrogen-bond acceptors (Lipinski definition) is 0. The summed E-state index contributed by atoms with van der Waals surface area (Å²) in [5.74, 6) is 12.9. The second-order valence-electron chi connectivity index (χ2n) is 28.5. The van der Waals surface area contributed by atoms with Crippen molar-refractivity contribution >= 4 is 0 Å². The van der Waals surface area contributed by atoms with Crippen molar-refractivity contribution in [1.82, 2.24) is 0 Å². The molecule has 0 radical (unpaired) electrons. The second kappa shape index (κ2) is 34.3. The van der Waals surface area contributed by atoms with Crippen molar-refractivity contribution in [2.75, 3.05) is 0 Å². The van der Waals surface area contributed by atoms with E-state index in [-0.39, 0.29) is 0 Å². The van der Waals surface area contributed by atoms with Gasteiger partial charge >= 0.3 is 0 Å². The quantitative estimate of drug-likeness (QED) is 0.265. The molecule has 7 aliphatic rings. The summed E-state index contributed by atoms with van der Waals surface area (Å²) in [4.78, 5) is 0. The van der Waals surface area contributed by atoms with Gasteiger partial charge in [0.2, 0.25) is 0 Å². The van der Waals surface area contributed by atoms with Gasteiger partial charge in [-0.25, -0.2) is 0 Å². The Bertz CT molecular complexity index is 1030. The predicted octanol–water partition coefficient (Wildman–Crippen LogP) is 23.4. The van der Waals surface area contributed by atoms with Crippen LogP contribution in [0.5, 0.6) is 0 Å². The van der Waals surface area contributed by atoms with Crippen LogP contribution < -0.4 is 0 Å². The van der Waals surface area contributed by atoms with Crippen LogP contribution in [0.3, 0.4) is 0 Å². The molecule has 0 saturated heterocycles. The summed E-state index contributed by atoms with van der Waals surface area (Å²) in [7, 11) is 0. The highest BCUT2D eigenvalue weighted by Crippen LogP contribution is 2.53. The van der Waals surface area contributed by atoms with Crippen LogP contribution in [0.1, 0.15) is 321 Å². The fourth-order valence-corrected chi connectivity index (χ4v) is 11.0. The summed E-state index contributed by atoms with van der Waals surface area (Å²) in [6, 6.07) is 0. The molecule has 7 atom stereocenters. The molecule has 7 saturated carbocycles. The van der Waals surface area contributed by atoms with Crippen LogP contribution in [0.4, 0.5) is 0 Å². The van der Waals surface area contributed by atoms with Gasteiger partial charge in [0.1, 0.15) is 0 Å². The molecule has 65 heavy (non-hydrogen) atoms. The Hall–Kier alpha value is 0. The molecule has 0 heterocycles. The lowest BCUT2D eigenvalue weighted by Gasteiger charge is -2.31. The smallest absolute Gasteiger partial charge is 0.0323 e. The van der Waals surface area contributed by atoms with E-state index in [1.165, 1.54) is 148 Å². The van der Waals surface area contributed by atoms with Gasteiger partial charge < -0.3 is 0 Å². The summed E-state index contributed by atoms with van der Waals surface area (Å²) in [6.45, 7) is 58.3. The summed E-state index contributed by atoms with van der Waals surface area (Å²) in [5, 5.41) is 0. The topological polar surface area (TPSA) is 0 Å². The molecule has 0 aromatic heterocycles. The normalized spacial score (nSPS) is 31.9. The summed E-state index contributed by atoms with van der Waals surface area (Å²) in [5.41, 5.74) is 2.37. The lowest BCUT2D eigenvalue weighted by Crippen LogP contribution is -2.24. The van der Waals surface area contributed by atoms with Gasteiger partial charge in [-0.1, -0.05) is 289 Å². The van der Waals surface area contributed by atoms with Crippen molar-refractivity contribution in [2.24, 2.45) is 98.6 Å². The van der Waals surface area contributed by atoms with E-state index in [2.05, 4.69) is 173 Å². The van der Waals surface area contributed by atoms with Crippen molar-refractivity contribution in [1.29, 1.82) is 0 Å². The first kappa shape index (κ1) is 67.1. The Labute approximate surface area is 417 Å². The van der Waals surface area contributed by atoms with Crippen LogP contribution in [0.25, 0.3) is 0 Å². The van der Waals surface area contributed by atoms with Crippen LogP contribution in [0, 0.1) is 98.6 Å². The van der Waals surface area contributed by atoms with E-state index in [1.54, 1.807) is 0 Å². The zero-order valence-corrected chi connectivity index (χ0v) is 50.8. The van der Waals surface area contributed by atoms with E-state index in [9.17, 15) is 0 Å². The first-order valence-corrected chi connectivity index (χ1v) is 29.9. The molecular formula is C65H134. The maximum absolute atomic E-state index is 2.40. The van der Waals surface area contributed by atoms with Crippen molar-refractivity contribution in [3.8, 4) is 0 Å². The molecule has 0 heteroatoms. The van der Waals surface area contributed by atoms with Crippen LogP contribution >= 0.6 is 0 Å². The SMILES string of the molecule is CC1C(C)(C)CCC1(C)C.CC1CC(C)C(C)C1.CC1CCC(C)C1C.CC1CCCC1.CC1CCC[C@H]1C.CCC(C)(C)C.CCC1CCC1.CCCC(C)C.C[C@@H]1CCCC1(C)C. The number of hydrogen-bond donors (Lipinski definition) is 0. The molecule has 5 unspecified atom stereocenters. The van der Waals surface area contributed by atoms with E-state index in [4.69, 9.17) is 0 Å². The molecule has 7 aliphatic carbocycles. The monoisotopic (exact) mass is 915 g/mol. The zero-order valence-electron chi connectivity index (χ0n) is 50.8. The molecule has 0 bridgehead atoms. The Morgan fingerprint density at radius 3 is 0.954 bits per heavy atom. The Morgan fingerprint density at radius 1 is 0.446 bits per heavy atom. The third kappa shape index (κ3) is 31.8. The van der Waals surface area contributed by atoms with Crippen molar-refractivity contribution in [3.05, 3.63) is 0 Å². The average Bonchev–Trinajstić information content (AvgIpc) is 4.04. The molecule has 7 rings (SSSR count). The molecule has 0 amide bonds. The Balaban J connectivity index is 0. The molecular weight excluding hydrogens is 781 g/mol. The predicted molar refractivity (Wildman–Crippen MR) is 303 cm³/mol. The fourth-order valence-electron chi connectivity index (χ4n) is 11.0. The molecule has 0 aromatic rings. The maximum Gasteiger partial charge on any atom is -0.0323 e. The zero-order chi connectivity index (χ0) is 50.8. The molecule has 394 valence electrons. The highest BCUT2D eigenvalue weighted by Gasteiger charge is 2.43. The largest absolute Gasteiger partial charge is 0.0654 e. The minimum absolute atomic E-state index is 0.542. The molecule has 0 spiro atoms. The second-order valence-corrected chi connectivity index (χ2v) is 28.5. The summed E-state index contributed by atoms with van der Waals surface area (Å²) >= 11 is 0. The highest BCUT2D eigenvalue weighted by molar-refractivity contribution is 4.93. The number of rotatable bonds is 3. The summed E-state index contributed by atoms with van der Waals surface area (Å²) < 4.78 is 0. The molecule has 0 nitrogen and oxygen atoms in total. The Morgan fingerprint density at radius 2 is 0.862 bits per heavy atom. The first-order chi connectivity index (χ1) is 29.9. The van der Waals surface area contributed by atoms with E-state index >= 15 is 0 Å². The highest BCUT2D eigenvalue weighted by atomic mass is 14.5. The van der Waals surface area contributed by atoms with Gasteiger partial charge in [0.25, 0.3) is 0 Å². The van der Waals surface area contributed by atoms with Crippen LogP contribution in [-0.2, 0) is 0 Å². The van der Waals surface area contributed by atoms with Gasteiger partial charge in [0.15, 0.2) is 0 Å². The molecule has 7 fully saturated rings. The van der Waals surface area contributed by atoms with E-state index in [0.717, 1.165) is 76.9 Å². The molecule has 0 N–H and O–H groups in total. The standard InChI is InChI=1S/C10H20.3C8H16.C7H14.2C6H12.2C6H14/c1-8-9(2,3)6-7-10(8,4)5;1-6-4-7(2)8(3)5-6;1-7-5-4-6-8(7,2)3;1-6-4-5-7(2)8(6)3;1-6-4-3-5-7(6)2;1-6-4-2-3-5-6;1-2-6-4-3-5-6;1-5-6(2,3)4;1-4-5-6(2)3/h8H,6-7H2,1-5H3;6-8H,4-5H2,1-3H3;7H,4-6H2,1-3H3;6-8H,4-5H2,1-3H3;6-7H,3-5H2,1-2H3;2*6H,2-5H2,1H3;5H2,1-4H3;6H,4-5H2,1-3H3/t;;7-;;6-,7?;;;;/m..1.1..../s1. The lowest BCUT2D eigenvalue weighted by atomic mass is 9.74. The van der Waals surface area contributed by atoms with E-state index in [1.807, 2.05) is 0 Å². The molecule has 0 aromatic carbocycles. The average molecular weight is 916 g/mol. The lowest BCUT2D eigenvalue weighted by molar-refractivity contribution is 0.179. The Kier molecular flexibility index (Phi) is 35.4. The van der Waals surface area contributed by atoms with Gasteiger partial charge in [0.05, 0.1) is 0 Å². The van der Waals surface area contributed by atoms with Crippen molar-refractivity contribution in [3.63, 3.8) is 0 Å². The maximum atomic E-state index is 2.40. The van der Waals surface area contributed by atoms with Gasteiger partial charge in [-0.3, -0.25) is 0 Å². The minimum atomic E-state index is 0.542. The van der Waals surface area contributed by atoms with Gasteiger partial charge in [-0.15, -0.1) is 0 Å². The summed E-state index contributed by atoms with van der Waals surface area (Å²) in [6.07, 6.45) is 33.3. The van der Waals surface area contributed by atoms with Crippen LogP contribution in [0.15, 0.2) is 0 Å². The van der Waals surface area contributed by atoms with Gasteiger partial charge in [0, 0.05) is 0 Å². The van der Waals surface area contributed by atoms with Gasteiger partial charge in [-0.2, -0.15) is 0 Å². The van der Waals surface area contributed by atoms with Gasteiger partial charge in [-0.05, 0) is 131 Å². The third-order valence-corrected chi connectivity index (χ3v) is 19.6. The minimum Gasteiger partial charge on any atom is -0.0654 e. The van der Waals surface area contributed by atoms with E-state index < -0.39 is 0 Å². The molecule has 0 aliphatic heterocycles. The third-order valence-electron chi connectivity index (χ3n) is 19.6. The fraction of sp³-hybridized carbons (Fsp3) is 1.00. The van der Waals surface area contributed by atoms with Crippen molar-refractivity contribution < 1.29 is 0 Å². The van der Waals surface area contributed by atoms with Crippen LogP contribution in [-0.4, -0.2) is 0 Å².